The van der Waals surface area contributed by atoms with E-state index in [1.54, 1.807) is 20.8 Å². The van der Waals surface area contributed by atoms with Crippen LogP contribution in [0.3, 0.4) is 0 Å². The Morgan fingerprint density at radius 2 is 1.47 bits per heavy atom. The van der Waals surface area contributed by atoms with Crippen molar-refractivity contribution in [3.8, 4) is 11.1 Å². The molecule has 1 saturated carbocycles. The molecule has 0 radical (unpaired) electrons. The molecule has 47 heavy (non-hydrogen) atoms. The Morgan fingerprint density at radius 3 is 2.04 bits per heavy atom. The first kappa shape index (κ1) is 35.2. The number of alkyl carbamates (subject to hydrolysis) is 2. The summed E-state index contributed by atoms with van der Waals surface area (Å²) in [6.07, 6.45) is 0.296. The van der Waals surface area contributed by atoms with Crippen molar-refractivity contribution >= 4 is 30.1 Å². The molecule has 2 aromatic carbocycles. The Balaban J connectivity index is 1.31. The Hall–Kier alpha value is -4.61. The van der Waals surface area contributed by atoms with Gasteiger partial charge in [-0.3, -0.25) is 4.79 Å². The van der Waals surface area contributed by atoms with Crippen molar-refractivity contribution < 1.29 is 48.0 Å². The van der Waals surface area contributed by atoms with Gasteiger partial charge in [-0.2, -0.15) is 0 Å². The summed E-state index contributed by atoms with van der Waals surface area (Å²) in [5.74, 6) is -3.16. The zero-order valence-electron chi connectivity index (χ0n) is 27.3. The highest BCUT2D eigenvalue weighted by atomic mass is 16.6. The summed E-state index contributed by atoms with van der Waals surface area (Å²) in [6.45, 7) is 6.42. The van der Waals surface area contributed by atoms with Crippen LogP contribution in [0.4, 0.5) is 9.59 Å². The summed E-state index contributed by atoms with van der Waals surface area (Å²) in [4.78, 5) is 63.0. The lowest BCUT2D eigenvalue weighted by Gasteiger charge is -2.29. The molecule has 12 nitrogen and oxygen atoms in total. The molecule has 2 amide bonds. The van der Waals surface area contributed by atoms with Crippen LogP contribution < -0.4 is 10.6 Å². The molecule has 12 heteroatoms. The Morgan fingerprint density at radius 1 is 0.872 bits per heavy atom. The molecule has 3 atom stereocenters. The van der Waals surface area contributed by atoms with Crippen molar-refractivity contribution in [2.24, 2.45) is 0 Å². The molecule has 0 aliphatic heterocycles. The van der Waals surface area contributed by atoms with Crippen molar-refractivity contribution in [1.29, 1.82) is 0 Å². The normalized spacial score (nSPS) is 16.4. The second-order valence-corrected chi connectivity index (χ2v) is 12.9. The minimum atomic E-state index is -1.44. The van der Waals surface area contributed by atoms with E-state index in [2.05, 4.69) is 10.6 Å². The van der Waals surface area contributed by atoms with Crippen LogP contribution in [0, 0.1) is 0 Å². The van der Waals surface area contributed by atoms with Crippen molar-refractivity contribution in [2.45, 2.75) is 108 Å². The molecule has 0 aromatic heterocycles. The predicted molar refractivity (Wildman–Crippen MR) is 171 cm³/mol. The van der Waals surface area contributed by atoms with Gasteiger partial charge in [0.2, 0.25) is 0 Å². The van der Waals surface area contributed by atoms with Crippen molar-refractivity contribution in [3.05, 3.63) is 59.7 Å². The topological polar surface area (TPSA) is 167 Å². The summed E-state index contributed by atoms with van der Waals surface area (Å²) in [5.41, 5.74) is 3.29. The number of carboxylic acids is 1. The fourth-order valence-corrected chi connectivity index (χ4v) is 5.86. The van der Waals surface area contributed by atoms with E-state index in [-0.39, 0.29) is 25.0 Å². The maximum absolute atomic E-state index is 13.1. The lowest BCUT2D eigenvalue weighted by atomic mass is 9.98. The summed E-state index contributed by atoms with van der Waals surface area (Å²) in [5, 5.41) is 14.5. The monoisotopic (exact) mass is 652 g/mol. The summed E-state index contributed by atoms with van der Waals surface area (Å²) < 4.78 is 21.8. The number of hydrogen-bond acceptors (Lipinski definition) is 9. The summed E-state index contributed by atoms with van der Waals surface area (Å²) in [6, 6.07) is 12.8. The lowest BCUT2D eigenvalue weighted by molar-refractivity contribution is -0.161. The van der Waals surface area contributed by atoms with Crippen LogP contribution >= 0.6 is 0 Å². The van der Waals surface area contributed by atoms with Crippen molar-refractivity contribution in [3.63, 3.8) is 0 Å². The maximum atomic E-state index is 13.1. The second kappa shape index (κ2) is 15.8. The van der Waals surface area contributed by atoms with E-state index in [0.29, 0.717) is 12.8 Å². The van der Waals surface area contributed by atoms with Gasteiger partial charge in [0.15, 0.2) is 6.04 Å². The van der Waals surface area contributed by atoms with Crippen LogP contribution in [-0.4, -0.2) is 71.7 Å². The molecule has 0 spiro atoms. The number of aliphatic carboxylic acids is 1. The molecule has 0 bridgehead atoms. The van der Waals surface area contributed by atoms with Gasteiger partial charge in [-0.05, 0) is 82.1 Å². The first-order chi connectivity index (χ1) is 22.3. The Labute approximate surface area is 274 Å². The van der Waals surface area contributed by atoms with Crippen molar-refractivity contribution in [2.75, 3.05) is 6.61 Å². The van der Waals surface area contributed by atoms with Gasteiger partial charge in [-0.25, -0.2) is 19.2 Å². The van der Waals surface area contributed by atoms with Gasteiger partial charge >= 0.3 is 30.1 Å². The quantitative estimate of drug-likeness (QED) is 0.198. The van der Waals surface area contributed by atoms with Gasteiger partial charge in [0, 0.05) is 12.3 Å². The second-order valence-electron chi connectivity index (χ2n) is 12.9. The molecule has 0 heterocycles. The van der Waals surface area contributed by atoms with Crippen LogP contribution in [0.2, 0.25) is 0 Å². The van der Waals surface area contributed by atoms with Gasteiger partial charge < -0.3 is 34.7 Å². The number of hydrogen-bond donors (Lipinski definition) is 3. The molecule has 2 aliphatic carbocycles. The molecule has 3 unspecified atom stereocenters. The maximum Gasteiger partial charge on any atom is 0.408 e. The average Bonchev–Trinajstić information content (AvgIpc) is 3.33. The average molecular weight is 653 g/mol. The fraction of sp³-hybridized carbons (Fsp3) is 0.514. The predicted octanol–water partition coefficient (Wildman–Crippen LogP) is 5.46. The van der Waals surface area contributed by atoms with E-state index < -0.39 is 60.3 Å². The molecule has 0 saturated heterocycles. The Kier molecular flexibility index (Phi) is 11.8. The zero-order chi connectivity index (χ0) is 34.1. The third-order valence-electron chi connectivity index (χ3n) is 8.12. The number of ether oxygens (including phenoxy) is 4. The van der Waals surface area contributed by atoms with E-state index in [0.717, 1.165) is 41.5 Å². The van der Waals surface area contributed by atoms with Gasteiger partial charge in [-0.1, -0.05) is 55.0 Å². The van der Waals surface area contributed by atoms with Gasteiger partial charge in [0.05, 0.1) is 0 Å². The molecule has 1 fully saturated rings. The van der Waals surface area contributed by atoms with Gasteiger partial charge in [0.1, 0.15) is 30.5 Å². The number of fused-ring (bicyclic) bond motifs is 3. The molecule has 2 aromatic rings. The SMILES string of the molecule is CC(OC(=O)CCC(NC(=O)OCC1c2ccccc2-c2ccccc21)C(=O)O)C(NC(=O)OC(C)(C)C)C(=O)OC1CCCCC1. The molecule has 254 valence electrons. The number of carboxylic acid groups (broad SMARTS) is 1. The van der Waals surface area contributed by atoms with Crippen LogP contribution in [0.15, 0.2) is 48.5 Å². The largest absolute Gasteiger partial charge is 0.480 e. The summed E-state index contributed by atoms with van der Waals surface area (Å²) in [7, 11) is 0. The smallest absolute Gasteiger partial charge is 0.408 e. The molecule has 3 N–H and O–H groups in total. The number of nitrogens with one attached hydrogen (secondary N) is 2. The Bertz CT molecular complexity index is 1400. The third kappa shape index (κ3) is 9.94. The fourth-order valence-electron chi connectivity index (χ4n) is 5.86. The van der Waals surface area contributed by atoms with Crippen molar-refractivity contribution in [1.82, 2.24) is 10.6 Å². The molecule has 2 aliphatic rings. The summed E-state index contributed by atoms with van der Waals surface area (Å²) >= 11 is 0. The van der Waals surface area contributed by atoms with Crippen LogP contribution in [0.5, 0.6) is 0 Å². The van der Waals surface area contributed by atoms with Crippen LogP contribution in [0.1, 0.15) is 89.7 Å². The molecular formula is C35H44N2O10. The number of carbonyl (C=O) groups is 5. The lowest BCUT2D eigenvalue weighted by Crippen LogP contribution is -2.52. The van der Waals surface area contributed by atoms with Crippen LogP contribution in [0.25, 0.3) is 11.1 Å². The first-order valence-corrected chi connectivity index (χ1v) is 16.1. The van der Waals surface area contributed by atoms with E-state index in [1.807, 2.05) is 48.5 Å². The number of esters is 2. The standard InChI is InChI=1S/C35H44N2O10/c1-21(30(37-34(43)47-35(2,3)4)32(41)46-22-12-6-5-7-13-22)45-29(38)19-18-28(31(39)40)36-33(42)44-20-27-25-16-10-8-14-23(25)24-15-9-11-17-26(24)27/h8-11,14-17,21-22,27-28,30H,5-7,12-13,18-20H2,1-4H3,(H,36,42)(H,37,43)(H,39,40). The van der Waals surface area contributed by atoms with E-state index in [1.165, 1.54) is 6.92 Å². The third-order valence-corrected chi connectivity index (χ3v) is 8.12. The first-order valence-electron chi connectivity index (χ1n) is 16.1. The molecule has 4 rings (SSSR count). The highest BCUT2D eigenvalue weighted by molar-refractivity contribution is 5.84. The highest BCUT2D eigenvalue weighted by Gasteiger charge is 2.35. The number of carbonyl (C=O) groups excluding carboxylic acids is 4. The van der Waals surface area contributed by atoms with E-state index >= 15 is 0 Å². The molecular weight excluding hydrogens is 608 g/mol. The highest BCUT2D eigenvalue weighted by Crippen LogP contribution is 2.44. The van der Waals surface area contributed by atoms with E-state index in [9.17, 15) is 29.1 Å². The minimum Gasteiger partial charge on any atom is -0.480 e. The van der Waals surface area contributed by atoms with Crippen LogP contribution in [-0.2, 0) is 33.3 Å². The van der Waals surface area contributed by atoms with Gasteiger partial charge in [-0.15, -0.1) is 0 Å². The minimum absolute atomic E-state index is 0.00521. The number of rotatable bonds is 12. The number of benzene rings is 2. The van der Waals surface area contributed by atoms with Gasteiger partial charge in [0.25, 0.3) is 0 Å². The van der Waals surface area contributed by atoms with E-state index in [4.69, 9.17) is 18.9 Å². The zero-order valence-corrected chi connectivity index (χ0v) is 27.3. The number of amides is 2.